The molecule has 2 saturated heterocycles. The largest absolute Gasteiger partial charge is 0.481 e. The molecule has 5 nitrogen and oxygen atoms in total. The molecule has 2 fully saturated rings. The number of nitrogens with zero attached hydrogens (tertiary/aromatic N) is 1. The molecule has 2 bridgehead atoms. The van der Waals surface area contributed by atoms with Crippen molar-refractivity contribution in [1.29, 1.82) is 0 Å². The molecular formula is C18H19NO4S. The van der Waals surface area contributed by atoms with Gasteiger partial charge >= 0.3 is 5.97 Å². The molecule has 0 saturated carbocycles. The summed E-state index contributed by atoms with van der Waals surface area (Å²) in [6.07, 6.45) is 1.86. The van der Waals surface area contributed by atoms with Crippen LogP contribution in [0.2, 0.25) is 0 Å². The van der Waals surface area contributed by atoms with Crippen LogP contribution in [0, 0.1) is 5.92 Å². The van der Waals surface area contributed by atoms with Crippen molar-refractivity contribution in [2.75, 3.05) is 0 Å². The minimum atomic E-state index is -3.51. The van der Waals surface area contributed by atoms with Gasteiger partial charge in [-0.25, -0.2) is 8.42 Å². The van der Waals surface area contributed by atoms with Gasteiger partial charge in [-0.2, -0.15) is 4.31 Å². The van der Waals surface area contributed by atoms with Crippen LogP contribution in [0.5, 0.6) is 0 Å². The third-order valence-electron chi connectivity index (χ3n) is 5.27. The fourth-order valence-electron chi connectivity index (χ4n) is 4.25. The van der Waals surface area contributed by atoms with E-state index in [-0.39, 0.29) is 17.8 Å². The number of carboxylic acid groups (broad SMARTS) is 1. The Morgan fingerprint density at radius 1 is 1.12 bits per heavy atom. The van der Waals surface area contributed by atoms with Crippen molar-refractivity contribution >= 4 is 26.8 Å². The first-order chi connectivity index (χ1) is 11.5. The van der Waals surface area contributed by atoms with Crippen molar-refractivity contribution in [2.24, 2.45) is 5.92 Å². The van der Waals surface area contributed by atoms with Crippen molar-refractivity contribution in [1.82, 2.24) is 4.31 Å². The van der Waals surface area contributed by atoms with E-state index in [9.17, 15) is 18.3 Å². The molecule has 24 heavy (non-hydrogen) atoms. The number of carboxylic acids is 1. The van der Waals surface area contributed by atoms with Crippen LogP contribution >= 0.6 is 0 Å². The standard InChI is InChI=1S/C18H19NO4S/c20-18(21)16-10-15-7-8-17(16)19(15)24(22,23)11-12-5-6-13-3-1-2-4-14(13)9-12/h1-6,9,15-17H,7-8,10-11H2,(H,20,21). The first-order valence-electron chi connectivity index (χ1n) is 8.17. The highest BCUT2D eigenvalue weighted by Crippen LogP contribution is 2.44. The van der Waals surface area contributed by atoms with Gasteiger partial charge in [-0.05, 0) is 35.6 Å². The molecule has 0 aromatic heterocycles. The molecule has 2 heterocycles. The molecule has 0 amide bonds. The highest BCUT2D eigenvalue weighted by atomic mass is 32.2. The van der Waals surface area contributed by atoms with E-state index in [1.807, 2.05) is 42.5 Å². The maximum absolute atomic E-state index is 12.9. The SMILES string of the molecule is O=C(O)C1CC2CCC1N2S(=O)(=O)Cc1ccc2ccccc2c1. The van der Waals surface area contributed by atoms with Crippen LogP contribution < -0.4 is 0 Å². The molecule has 6 heteroatoms. The van der Waals surface area contributed by atoms with Crippen LogP contribution in [0.1, 0.15) is 24.8 Å². The average Bonchev–Trinajstić information content (AvgIpc) is 3.13. The Balaban J connectivity index is 1.62. The van der Waals surface area contributed by atoms with E-state index in [1.54, 1.807) is 0 Å². The first-order valence-corrected chi connectivity index (χ1v) is 9.78. The maximum atomic E-state index is 12.9. The smallest absolute Gasteiger partial charge is 0.308 e. The van der Waals surface area contributed by atoms with Gasteiger partial charge in [0.2, 0.25) is 10.0 Å². The lowest BCUT2D eigenvalue weighted by Crippen LogP contribution is -2.38. The van der Waals surface area contributed by atoms with Crippen molar-refractivity contribution in [3.63, 3.8) is 0 Å². The summed E-state index contributed by atoms with van der Waals surface area (Å²) in [6, 6.07) is 13.0. The Bertz CT molecular complexity index is 908. The van der Waals surface area contributed by atoms with Gasteiger partial charge in [0.15, 0.2) is 0 Å². The van der Waals surface area contributed by atoms with Crippen LogP contribution in [0.3, 0.4) is 0 Å². The molecule has 2 aliphatic rings. The number of fused-ring (bicyclic) bond motifs is 3. The van der Waals surface area contributed by atoms with Gasteiger partial charge in [0.1, 0.15) is 0 Å². The number of rotatable bonds is 4. The summed E-state index contributed by atoms with van der Waals surface area (Å²) in [5.74, 6) is -1.51. The Hall–Kier alpha value is -1.92. The molecule has 0 radical (unpaired) electrons. The molecule has 126 valence electrons. The highest BCUT2D eigenvalue weighted by molar-refractivity contribution is 7.88. The zero-order valence-corrected chi connectivity index (χ0v) is 13.9. The van der Waals surface area contributed by atoms with E-state index < -0.39 is 21.9 Å². The van der Waals surface area contributed by atoms with Gasteiger partial charge in [-0.15, -0.1) is 0 Å². The highest BCUT2D eigenvalue weighted by Gasteiger charge is 2.53. The van der Waals surface area contributed by atoms with E-state index in [0.717, 1.165) is 22.8 Å². The van der Waals surface area contributed by atoms with Gasteiger partial charge in [0.05, 0.1) is 11.7 Å². The fourth-order valence-corrected chi connectivity index (χ4v) is 6.31. The van der Waals surface area contributed by atoms with E-state index >= 15 is 0 Å². The molecule has 0 spiro atoms. The minimum Gasteiger partial charge on any atom is -0.481 e. The third kappa shape index (κ3) is 2.50. The van der Waals surface area contributed by atoms with E-state index in [0.29, 0.717) is 12.8 Å². The molecule has 2 aromatic carbocycles. The number of sulfonamides is 1. The number of hydrogen-bond donors (Lipinski definition) is 1. The minimum absolute atomic E-state index is 0.0722. The van der Waals surface area contributed by atoms with Gasteiger partial charge < -0.3 is 5.11 Å². The lowest BCUT2D eigenvalue weighted by molar-refractivity contribution is -0.142. The average molecular weight is 345 g/mol. The fraction of sp³-hybridized carbons (Fsp3) is 0.389. The summed E-state index contributed by atoms with van der Waals surface area (Å²) in [7, 11) is -3.51. The molecule has 4 rings (SSSR count). The topological polar surface area (TPSA) is 74.7 Å². The molecule has 2 aliphatic heterocycles. The monoisotopic (exact) mass is 345 g/mol. The van der Waals surface area contributed by atoms with Crippen LogP contribution in [0.15, 0.2) is 42.5 Å². The maximum Gasteiger partial charge on any atom is 0.308 e. The van der Waals surface area contributed by atoms with E-state index in [1.165, 1.54) is 4.31 Å². The van der Waals surface area contributed by atoms with Gasteiger partial charge in [-0.3, -0.25) is 4.79 Å². The second kappa shape index (κ2) is 5.57. The summed E-state index contributed by atoms with van der Waals surface area (Å²) in [6.45, 7) is 0. The first kappa shape index (κ1) is 15.6. The molecule has 3 atom stereocenters. The summed E-state index contributed by atoms with van der Waals surface area (Å²) in [5.41, 5.74) is 0.742. The number of hydrogen-bond acceptors (Lipinski definition) is 3. The Kier molecular flexibility index (Phi) is 3.62. The lowest BCUT2D eigenvalue weighted by Gasteiger charge is -2.22. The second-order valence-corrected chi connectivity index (χ2v) is 8.62. The Labute approximate surface area is 140 Å². The van der Waals surface area contributed by atoms with Crippen LogP contribution in [0.25, 0.3) is 10.8 Å². The van der Waals surface area contributed by atoms with Crippen LogP contribution in [-0.4, -0.2) is 35.9 Å². The quantitative estimate of drug-likeness (QED) is 0.924. The zero-order chi connectivity index (χ0) is 16.9. The zero-order valence-electron chi connectivity index (χ0n) is 13.1. The van der Waals surface area contributed by atoms with Crippen LogP contribution in [-0.2, 0) is 20.6 Å². The normalized spacial score (nSPS) is 26.9. The predicted octanol–water partition coefficient (Wildman–Crippen LogP) is 2.61. The van der Waals surface area contributed by atoms with Crippen molar-refractivity contribution < 1.29 is 18.3 Å². The summed E-state index contributed by atoms with van der Waals surface area (Å²) in [5, 5.41) is 11.4. The van der Waals surface area contributed by atoms with Gasteiger partial charge in [0.25, 0.3) is 0 Å². The number of benzene rings is 2. The summed E-state index contributed by atoms with van der Waals surface area (Å²) >= 11 is 0. The van der Waals surface area contributed by atoms with Crippen molar-refractivity contribution in [3.8, 4) is 0 Å². The Morgan fingerprint density at radius 3 is 2.58 bits per heavy atom. The second-order valence-electron chi connectivity index (χ2n) is 6.75. The summed E-state index contributed by atoms with van der Waals surface area (Å²) in [4.78, 5) is 11.3. The third-order valence-corrected chi connectivity index (χ3v) is 7.18. The van der Waals surface area contributed by atoms with E-state index in [4.69, 9.17) is 0 Å². The molecular weight excluding hydrogens is 326 g/mol. The molecule has 0 aliphatic carbocycles. The Morgan fingerprint density at radius 2 is 1.88 bits per heavy atom. The number of carbonyl (C=O) groups is 1. The van der Waals surface area contributed by atoms with E-state index in [2.05, 4.69) is 0 Å². The van der Waals surface area contributed by atoms with Crippen molar-refractivity contribution in [2.45, 2.75) is 37.1 Å². The predicted molar refractivity (Wildman–Crippen MR) is 91.0 cm³/mol. The van der Waals surface area contributed by atoms with Gasteiger partial charge in [-0.1, -0.05) is 42.5 Å². The molecule has 1 N–H and O–H groups in total. The summed E-state index contributed by atoms with van der Waals surface area (Å²) < 4.78 is 27.3. The molecule has 3 unspecified atom stereocenters. The van der Waals surface area contributed by atoms with Crippen LogP contribution in [0.4, 0.5) is 0 Å². The number of aliphatic carboxylic acids is 1. The van der Waals surface area contributed by atoms with Crippen molar-refractivity contribution in [3.05, 3.63) is 48.0 Å². The molecule has 2 aromatic rings. The van der Waals surface area contributed by atoms with Gasteiger partial charge in [0, 0.05) is 12.1 Å². The lowest BCUT2D eigenvalue weighted by atomic mass is 9.89.